The van der Waals surface area contributed by atoms with Crippen LogP contribution in [-0.2, 0) is 16.1 Å². The first kappa shape index (κ1) is 29.3. The zero-order valence-electron chi connectivity index (χ0n) is 24.5. The number of benzene rings is 2. The van der Waals surface area contributed by atoms with Crippen molar-refractivity contribution in [1.29, 1.82) is 0 Å². The van der Waals surface area contributed by atoms with Gasteiger partial charge in [-0.2, -0.15) is 0 Å². The summed E-state index contributed by atoms with van der Waals surface area (Å²) in [7, 11) is 4.24. The Morgan fingerprint density at radius 2 is 2.07 bits per heavy atom. The second-order valence-corrected chi connectivity index (χ2v) is 10.8. The number of likely N-dealkylation sites (N-methyl/N-ethyl adjacent to an activating group) is 2. The number of carbonyl (C=O) groups is 1. The molecule has 6 bridgehead atoms. The van der Waals surface area contributed by atoms with E-state index in [4.69, 9.17) is 14.5 Å². The number of nitrogens with zero attached hydrogens (tertiary/aromatic N) is 5. The van der Waals surface area contributed by atoms with Crippen LogP contribution in [0.5, 0.6) is 5.75 Å². The Balaban J connectivity index is 1.33. The van der Waals surface area contributed by atoms with Crippen molar-refractivity contribution in [3.63, 3.8) is 0 Å². The monoisotopic (exact) mass is 568 g/mol. The molecule has 5 rings (SSSR count). The van der Waals surface area contributed by atoms with Crippen molar-refractivity contribution >= 4 is 23.2 Å². The first-order valence-electron chi connectivity index (χ1n) is 14.5. The Bertz CT molecular complexity index is 1410. The summed E-state index contributed by atoms with van der Waals surface area (Å²) in [6.07, 6.45) is 9.08. The molecular formula is C33H40N6O3. The molecule has 1 atom stereocenters. The zero-order chi connectivity index (χ0) is 29.3. The van der Waals surface area contributed by atoms with E-state index in [1.165, 1.54) is 6.08 Å². The molecule has 9 heteroatoms. The molecule has 0 radical (unpaired) electrons. The van der Waals surface area contributed by atoms with Gasteiger partial charge in [-0.1, -0.05) is 30.9 Å². The molecule has 1 saturated heterocycles. The van der Waals surface area contributed by atoms with E-state index in [0.717, 1.165) is 73.0 Å². The predicted molar refractivity (Wildman–Crippen MR) is 167 cm³/mol. The molecule has 2 aliphatic rings. The molecule has 3 heterocycles. The number of hydrogen-bond donors (Lipinski definition) is 1. The number of nitrogens with one attached hydrogen (secondary N) is 1. The minimum atomic E-state index is 0.0119. The number of anilines is 3. The van der Waals surface area contributed by atoms with E-state index in [0.29, 0.717) is 31.8 Å². The van der Waals surface area contributed by atoms with Crippen molar-refractivity contribution in [2.45, 2.75) is 25.5 Å². The van der Waals surface area contributed by atoms with Crippen molar-refractivity contribution in [2.75, 3.05) is 63.7 Å². The van der Waals surface area contributed by atoms with Gasteiger partial charge in [-0.05, 0) is 67.9 Å². The van der Waals surface area contributed by atoms with Gasteiger partial charge in [0.25, 0.3) is 0 Å². The first-order chi connectivity index (χ1) is 20.5. The Hall–Kier alpha value is -4.21. The van der Waals surface area contributed by atoms with Gasteiger partial charge in [-0.3, -0.25) is 9.69 Å². The number of amides is 1. The predicted octanol–water partition coefficient (Wildman–Crippen LogP) is 4.90. The molecular weight excluding hydrogens is 528 g/mol. The van der Waals surface area contributed by atoms with Crippen molar-refractivity contribution in [3.05, 3.63) is 85.1 Å². The fraction of sp³-hybridized carbons (Fsp3) is 0.364. The molecule has 220 valence electrons. The molecule has 9 nitrogen and oxygen atoms in total. The van der Waals surface area contributed by atoms with Crippen LogP contribution in [0.15, 0.2) is 79.5 Å². The van der Waals surface area contributed by atoms with Crippen molar-refractivity contribution in [1.82, 2.24) is 19.8 Å². The standard InChI is InChI=1S/C33H40N6O3/c1-4-32(40)39-14-12-28(23-39)37(2)15-16-38(3)29-20-25-19-27(22-29)35-33-34-13-11-31(36-33)26-9-8-10-30(21-26)42-18-7-5-6-17-41-24-25/h4-6,8-11,13,19-22,28H,1,7,12,14-18,23-24H2,2-3H3,(H,34,35,36)/b6-5+. The lowest BCUT2D eigenvalue weighted by atomic mass is 10.1. The highest BCUT2D eigenvalue weighted by Gasteiger charge is 2.27. The smallest absolute Gasteiger partial charge is 0.246 e. The molecule has 1 N–H and O–H groups in total. The molecule has 42 heavy (non-hydrogen) atoms. The Morgan fingerprint density at radius 3 is 2.95 bits per heavy atom. The van der Waals surface area contributed by atoms with E-state index in [1.807, 2.05) is 41.3 Å². The minimum Gasteiger partial charge on any atom is -0.493 e. The van der Waals surface area contributed by atoms with Gasteiger partial charge in [0, 0.05) is 62.4 Å². The number of likely N-dealkylation sites (tertiary alicyclic amines) is 1. The molecule has 1 aromatic heterocycles. The summed E-state index contributed by atoms with van der Waals surface area (Å²) in [5.74, 6) is 1.35. The van der Waals surface area contributed by atoms with Gasteiger partial charge < -0.3 is 24.6 Å². The van der Waals surface area contributed by atoms with Crippen molar-refractivity contribution < 1.29 is 14.3 Å². The maximum Gasteiger partial charge on any atom is 0.246 e. The Morgan fingerprint density at radius 1 is 1.17 bits per heavy atom. The van der Waals surface area contributed by atoms with Gasteiger partial charge in [0.15, 0.2) is 0 Å². The van der Waals surface area contributed by atoms with Crippen LogP contribution in [0.4, 0.5) is 17.3 Å². The molecule has 1 unspecified atom stereocenters. The quantitative estimate of drug-likeness (QED) is 0.332. The SMILES string of the molecule is C=CC(=O)N1CCC(N(C)CCN(C)c2cc3cc(c2)Nc2nccc(n2)-c2cccc(c2)OCC/C=C/COC3)C1. The van der Waals surface area contributed by atoms with Crippen LogP contribution in [0.2, 0.25) is 0 Å². The maximum atomic E-state index is 12.0. The van der Waals surface area contributed by atoms with Gasteiger partial charge in [0.1, 0.15) is 5.75 Å². The maximum absolute atomic E-state index is 12.0. The molecule has 1 amide bonds. The van der Waals surface area contributed by atoms with Gasteiger partial charge >= 0.3 is 0 Å². The average Bonchev–Trinajstić information content (AvgIpc) is 3.51. The van der Waals surface area contributed by atoms with Crippen molar-refractivity contribution in [2.24, 2.45) is 0 Å². The number of ether oxygens (including phenoxy) is 2. The zero-order valence-corrected chi connectivity index (χ0v) is 24.5. The Labute approximate surface area is 248 Å². The van der Waals surface area contributed by atoms with E-state index in [2.05, 4.69) is 65.0 Å². The van der Waals surface area contributed by atoms with E-state index in [1.54, 1.807) is 6.20 Å². The van der Waals surface area contributed by atoms with Gasteiger partial charge in [0.2, 0.25) is 11.9 Å². The van der Waals surface area contributed by atoms with Crippen LogP contribution in [-0.4, -0.2) is 85.2 Å². The highest BCUT2D eigenvalue weighted by molar-refractivity contribution is 5.87. The highest BCUT2D eigenvalue weighted by Crippen LogP contribution is 2.27. The summed E-state index contributed by atoms with van der Waals surface area (Å²) in [4.78, 5) is 27.8. The summed E-state index contributed by atoms with van der Waals surface area (Å²) in [5.41, 5.74) is 4.82. The lowest BCUT2D eigenvalue weighted by Crippen LogP contribution is -2.40. The van der Waals surface area contributed by atoms with E-state index < -0.39 is 0 Å². The van der Waals surface area contributed by atoms with Crippen LogP contribution in [0, 0.1) is 0 Å². The lowest BCUT2D eigenvalue weighted by Gasteiger charge is -2.28. The third kappa shape index (κ3) is 7.74. The lowest BCUT2D eigenvalue weighted by molar-refractivity contribution is -0.125. The summed E-state index contributed by atoms with van der Waals surface area (Å²) >= 11 is 0. The number of fused-ring (bicyclic) bond motifs is 7. The number of aromatic nitrogens is 2. The van der Waals surface area contributed by atoms with Gasteiger partial charge in [-0.15, -0.1) is 0 Å². The summed E-state index contributed by atoms with van der Waals surface area (Å²) in [5, 5.41) is 3.42. The van der Waals surface area contributed by atoms with Crippen LogP contribution >= 0.6 is 0 Å². The van der Waals surface area contributed by atoms with E-state index in [9.17, 15) is 4.79 Å². The summed E-state index contributed by atoms with van der Waals surface area (Å²) < 4.78 is 11.9. The average molecular weight is 569 g/mol. The number of hydrogen-bond acceptors (Lipinski definition) is 8. The summed E-state index contributed by atoms with van der Waals surface area (Å²) in [6.45, 7) is 8.46. The number of carbonyl (C=O) groups excluding carboxylic acids is 1. The number of rotatable bonds is 6. The van der Waals surface area contributed by atoms with E-state index in [-0.39, 0.29) is 5.91 Å². The summed E-state index contributed by atoms with van der Waals surface area (Å²) in [6, 6.07) is 16.6. The minimum absolute atomic E-state index is 0.0119. The van der Waals surface area contributed by atoms with Crippen LogP contribution < -0.4 is 15.0 Å². The fourth-order valence-electron chi connectivity index (χ4n) is 5.23. The third-order valence-electron chi connectivity index (χ3n) is 7.72. The third-order valence-corrected chi connectivity index (χ3v) is 7.72. The highest BCUT2D eigenvalue weighted by atomic mass is 16.5. The topological polar surface area (TPSA) is 83.1 Å². The van der Waals surface area contributed by atoms with Crippen LogP contribution in [0.3, 0.4) is 0 Å². The Kier molecular flexibility index (Phi) is 9.84. The van der Waals surface area contributed by atoms with Crippen LogP contribution in [0.25, 0.3) is 11.3 Å². The molecule has 3 aromatic rings. The van der Waals surface area contributed by atoms with Crippen molar-refractivity contribution in [3.8, 4) is 17.0 Å². The second kappa shape index (κ2) is 14.1. The molecule has 0 spiro atoms. The molecule has 2 aliphatic heterocycles. The fourth-order valence-corrected chi connectivity index (χ4v) is 5.23. The second-order valence-electron chi connectivity index (χ2n) is 10.8. The van der Waals surface area contributed by atoms with Gasteiger partial charge in [-0.25, -0.2) is 9.97 Å². The first-order valence-corrected chi connectivity index (χ1v) is 14.5. The molecule has 0 saturated carbocycles. The molecule has 1 fully saturated rings. The molecule has 0 aliphatic carbocycles. The normalized spacial score (nSPS) is 17.9. The van der Waals surface area contributed by atoms with E-state index >= 15 is 0 Å². The van der Waals surface area contributed by atoms with Gasteiger partial charge in [0.05, 0.1) is 25.5 Å². The molecule has 2 aromatic carbocycles. The largest absolute Gasteiger partial charge is 0.493 e. The van der Waals surface area contributed by atoms with Crippen LogP contribution in [0.1, 0.15) is 18.4 Å².